The standard InChI is InChI=1S/C27H26N2O4S/c1-3-26(33-24-14-11-20-8-4-5-9-21(20)18-24)27(30)28-22-12-15-25(16-13-22)34(31,32)29-23-10-6-7-19(2)17-23/h4-18,26,29H,3H2,1-2H3,(H,28,30)/t26-/m0/s1. The first-order chi connectivity index (χ1) is 16.3. The van der Waals surface area contributed by atoms with Gasteiger partial charge >= 0.3 is 0 Å². The second-order valence-electron chi connectivity index (χ2n) is 8.01. The van der Waals surface area contributed by atoms with E-state index in [0.717, 1.165) is 16.3 Å². The summed E-state index contributed by atoms with van der Waals surface area (Å²) in [5.41, 5.74) is 1.93. The van der Waals surface area contributed by atoms with E-state index in [1.165, 1.54) is 12.1 Å². The Morgan fingerprint density at radius 3 is 2.29 bits per heavy atom. The first-order valence-corrected chi connectivity index (χ1v) is 12.5. The average molecular weight is 475 g/mol. The van der Waals surface area contributed by atoms with Crippen LogP contribution in [0.4, 0.5) is 11.4 Å². The predicted molar refractivity (Wildman–Crippen MR) is 136 cm³/mol. The highest BCUT2D eigenvalue weighted by atomic mass is 32.2. The first-order valence-electron chi connectivity index (χ1n) is 11.0. The SMILES string of the molecule is CC[C@H](Oc1ccc2ccccc2c1)C(=O)Nc1ccc(S(=O)(=O)Nc2cccc(C)c2)cc1. The maximum Gasteiger partial charge on any atom is 0.265 e. The second-order valence-corrected chi connectivity index (χ2v) is 9.69. The van der Waals surface area contributed by atoms with Crippen LogP contribution in [0.2, 0.25) is 0 Å². The van der Waals surface area contributed by atoms with Gasteiger partial charge in [-0.25, -0.2) is 8.42 Å². The molecule has 4 rings (SSSR count). The van der Waals surface area contributed by atoms with E-state index < -0.39 is 16.1 Å². The molecule has 0 heterocycles. The van der Waals surface area contributed by atoms with Gasteiger partial charge in [0, 0.05) is 11.4 Å². The molecule has 0 aliphatic heterocycles. The van der Waals surface area contributed by atoms with Gasteiger partial charge in [-0.1, -0.05) is 49.4 Å². The van der Waals surface area contributed by atoms with Gasteiger partial charge in [-0.05, 0) is 78.2 Å². The Bertz CT molecular complexity index is 1420. The van der Waals surface area contributed by atoms with Crippen LogP contribution < -0.4 is 14.8 Å². The quantitative estimate of drug-likeness (QED) is 0.341. The third-order valence-electron chi connectivity index (χ3n) is 5.36. The lowest BCUT2D eigenvalue weighted by molar-refractivity contribution is -0.122. The van der Waals surface area contributed by atoms with Crippen LogP contribution in [-0.4, -0.2) is 20.4 Å². The second kappa shape index (κ2) is 9.97. The molecule has 0 aliphatic carbocycles. The van der Waals surface area contributed by atoms with Crippen LogP contribution >= 0.6 is 0 Å². The molecule has 0 aliphatic rings. The molecule has 0 unspecified atom stereocenters. The van der Waals surface area contributed by atoms with E-state index >= 15 is 0 Å². The maximum atomic E-state index is 12.8. The van der Waals surface area contributed by atoms with E-state index in [-0.39, 0.29) is 10.8 Å². The fourth-order valence-electron chi connectivity index (χ4n) is 3.59. The summed E-state index contributed by atoms with van der Waals surface area (Å²) >= 11 is 0. The number of ether oxygens (including phenoxy) is 1. The van der Waals surface area contributed by atoms with Gasteiger partial charge in [-0.15, -0.1) is 0 Å². The number of amides is 1. The molecule has 4 aromatic carbocycles. The van der Waals surface area contributed by atoms with E-state index in [1.54, 1.807) is 30.3 Å². The predicted octanol–water partition coefficient (Wildman–Crippen LogP) is 5.75. The average Bonchev–Trinajstić information content (AvgIpc) is 2.82. The zero-order valence-corrected chi connectivity index (χ0v) is 19.8. The van der Waals surface area contributed by atoms with Crippen LogP contribution in [0.25, 0.3) is 10.8 Å². The van der Waals surface area contributed by atoms with Crippen LogP contribution in [0.1, 0.15) is 18.9 Å². The Labute approximate surface area is 199 Å². The lowest BCUT2D eigenvalue weighted by atomic mass is 10.1. The van der Waals surface area contributed by atoms with Gasteiger partial charge < -0.3 is 10.1 Å². The van der Waals surface area contributed by atoms with E-state index in [1.807, 2.05) is 62.4 Å². The Morgan fingerprint density at radius 1 is 0.853 bits per heavy atom. The number of anilines is 2. The fourth-order valence-corrected chi connectivity index (χ4v) is 4.64. The van der Waals surface area contributed by atoms with Gasteiger partial charge in [0.1, 0.15) is 5.75 Å². The summed E-state index contributed by atoms with van der Waals surface area (Å²) in [6, 6.07) is 26.8. The van der Waals surface area contributed by atoms with Crippen molar-refractivity contribution in [1.82, 2.24) is 0 Å². The summed E-state index contributed by atoms with van der Waals surface area (Å²) in [6.45, 7) is 3.76. The van der Waals surface area contributed by atoms with Crippen molar-refractivity contribution in [1.29, 1.82) is 0 Å². The van der Waals surface area contributed by atoms with Gasteiger partial charge in [0.15, 0.2) is 6.10 Å². The molecule has 0 bridgehead atoms. The topological polar surface area (TPSA) is 84.5 Å². The zero-order chi connectivity index (χ0) is 24.1. The molecule has 2 N–H and O–H groups in total. The Hall–Kier alpha value is -3.84. The Balaban J connectivity index is 1.42. The molecule has 1 atom stereocenters. The summed E-state index contributed by atoms with van der Waals surface area (Å²) in [5, 5.41) is 4.94. The van der Waals surface area contributed by atoms with Crippen LogP contribution in [0.15, 0.2) is 95.9 Å². The van der Waals surface area contributed by atoms with Crippen molar-refractivity contribution >= 4 is 38.1 Å². The fraction of sp³-hybridized carbons (Fsp3) is 0.148. The number of aryl methyl sites for hydroxylation is 1. The smallest absolute Gasteiger partial charge is 0.265 e. The molecule has 7 heteroatoms. The van der Waals surface area contributed by atoms with Crippen molar-refractivity contribution in [2.24, 2.45) is 0 Å². The molecule has 6 nitrogen and oxygen atoms in total. The van der Waals surface area contributed by atoms with Crippen molar-refractivity contribution < 1.29 is 17.9 Å². The normalized spacial score (nSPS) is 12.2. The minimum atomic E-state index is -3.74. The Morgan fingerprint density at radius 2 is 1.59 bits per heavy atom. The molecule has 0 saturated carbocycles. The summed E-state index contributed by atoms with van der Waals surface area (Å²) in [7, 11) is -3.74. The molecule has 0 fully saturated rings. The van der Waals surface area contributed by atoms with E-state index in [0.29, 0.717) is 23.5 Å². The maximum absolute atomic E-state index is 12.8. The third-order valence-corrected chi connectivity index (χ3v) is 6.76. The van der Waals surface area contributed by atoms with Gasteiger partial charge in [0.25, 0.3) is 15.9 Å². The molecule has 174 valence electrons. The lowest BCUT2D eigenvalue weighted by Crippen LogP contribution is -2.32. The van der Waals surface area contributed by atoms with E-state index in [9.17, 15) is 13.2 Å². The highest BCUT2D eigenvalue weighted by Crippen LogP contribution is 2.23. The van der Waals surface area contributed by atoms with Gasteiger partial charge in [0.2, 0.25) is 0 Å². The van der Waals surface area contributed by atoms with Gasteiger partial charge in [0.05, 0.1) is 4.90 Å². The molecule has 34 heavy (non-hydrogen) atoms. The van der Waals surface area contributed by atoms with Crippen molar-refractivity contribution in [2.45, 2.75) is 31.3 Å². The molecule has 1 amide bonds. The van der Waals surface area contributed by atoms with E-state index in [4.69, 9.17) is 4.74 Å². The molecule has 0 saturated heterocycles. The molecular weight excluding hydrogens is 448 g/mol. The number of carbonyl (C=O) groups is 1. The van der Waals surface area contributed by atoms with E-state index in [2.05, 4.69) is 10.0 Å². The number of nitrogens with one attached hydrogen (secondary N) is 2. The largest absolute Gasteiger partial charge is 0.481 e. The Kier molecular flexibility index (Phi) is 6.84. The van der Waals surface area contributed by atoms with Crippen molar-refractivity contribution in [3.8, 4) is 5.75 Å². The monoisotopic (exact) mass is 474 g/mol. The number of rotatable bonds is 8. The lowest BCUT2D eigenvalue weighted by Gasteiger charge is -2.18. The van der Waals surface area contributed by atoms with Gasteiger partial charge in [-0.3, -0.25) is 9.52 Å². The van der Waals surface area contributed by atoms with Crippen molar-refractivity contribution in [2.75, 3.05) is 10.0 Å². The summed E-state index contributed by atoms with van der Waals surface area (Å²) in [4.78, 5) is 12.9. The number of benzene rings is 4. The molecule has 0 aromatic heterocycles. The number of hydrogen-bond donors (Lipinski definition) is 2. The molecule has 0 spiro atoms. The van der Waals surface area contributed by atoms with Crippen molar-refractivity contribution in [3.05, 3.63) is 96.6 Å². The highest BCUT2D eigenvalue weighted by molar-refractivity contribution is 7.92. The van der Waals surface area contributed by atoms with Crippen molar-refractivity contribution in [3.63, 3.8) is 0 Å². The summed E-state index contributed by atoms with van der Waals surface area (Å²) in [5.74, 6) is 0.313. The number of fused-ring (bicyclic) bond motifs is 1. The number of hydrogen-bond acceptors (Lipinski definition) is 4. The molecule has 0 radical (unpaired) electrons. The minimum absolute atomic E-state index is 0.103. The van der Waals surface area contributed by atoms with Crippen LogP contribution in [0.3, 0.4) is 0 Å². The van der Waals surface area contributed by atoms with Crippen LogP contribution in [0.5, 0.6) is 5.75 Å². The van der Waals surface area contributed by atoms with Crippen LogP contribution in [-0.2, 0) is 14.8 Å². The third kappa shape index (κ3) is 5.55. The zero-order valence-electron chi connectivity index (χ0n) is 19.0. The summed E-state index contributed by atoms with van der Waals surface area (Å²) < 4.78 is 33.9. The molecule has 4 aromatic rings. The minimum Gasteiger partial charge on any atom is -0.481 e. The summed E-state index contributed by atoms with van der Waals surface area (Å²) in [6.07, 6.45) is -0.210. The number of carbonyl (C=O) groups excluding carboxylic acids is 1. The van der Waals surface area contributed by atoms with Crippen LogP contribution in [0, 0.1) is 6.92 Å². The highest BCUT2D eigenvalue weighted by Gasteiger charge is 2.20. The number of sulfonamides is 1. The first kappa shape index (κ1) is 23.3. The molecular formula is C27H26N2O4S. The van der Waals surface area contributed by atoms with Gasteiger partial charge in [-0.2, -0.15) is 0 Å².